The lowest BCUT2D eigenvalue weighted by molar-refractivity contribution is 0.224. The van der Waals surface area contributed by atoms with Crippen LogP contribution in [0.2, 0.25) is 5.02 Å². The average Bonchev–Trinajstić information content (AvgIpc) is 2.84. The second-order valence-corrected chi connectivity index (χ2v) is 11.0. The highest BCUT2D eigenvalue weighted by Crippen LogP contribution is 2.40. The van der Waals surface area contributed by atoms with Crippen molar-refractivity contribution in [3.63, 3.8) is 0 Å². The van der Waals surface area contributed by atoms with Crippen molar-refractivity contribution in [2.24, 2.45) is 17.8 Å². The van der Waals surface area contributed by atoms with E-state index in [1.54, 1.807) is 5.56 Å². The SMILES string of the molecule is CCC[C@H]1CC[C@H](CC[C@H]2CC[C@H](c3ccc(C=Cc4ccc(Cl)cc4)cc3)CC2)CC1. The number of hydrogen-bond donors (Lipinski definition) is 0. The molecule has 2 fully saturated rings. The summed E-state index contributed by atoms with van der Waals surface area (Å²) in [6, 6.07) is 17.3. The van der Waals surface area contributed by atoms with Gasteiger partial charge in [-0.15, -0.1) is 0 Å². The minimum atomic E-state index is 0.769. The Morgan fingerprint density at radius 1 is 0.625 bits per heavy atom. The molecular formula is C31H41Cl. The van der Waals surface area contributed by atoms with Crippen molar-refractivity contribution in [2.45, 2.75) is 89.9 Å². The van der Waals surface area contributed by atoms with Crippen LogP contribution < -0.4 is 0 Å². The summed E-state index contributed by atoms with van der Waals surface area (Å²) in [6.07, 6.45) is 21.9. The third kappa shape index (κ3) is 6.98. The summed E-state index contributed by atoms with van der Waals surface area (Å²) in [6.45, 7) is 2.34. The summed E-state index contributed by atoms with van der Waals surface area (Å²) in [7, 11) is 0. The number of benzene rings is 2. The molecule has 0 radical (unpaired) electrons. The second-order valence-electron chi connectivity index (χ2n) is 10.5. The molecule has 0 saturated heterocycles. The maximum atomic E-state index is 5.97. The number of hydrogen-bond acceptors (Lipinski definition) is 0. The molecule has 4 rings (SSSR count). The molecule has 2 aromatic rings. The maximum Gasteiger partial charge on any atom is 0.0406 e. The zero-order chi connectivity index (χ0) is 22.2. The van der Waals surface area contributed by atoms with Crippen molar-refractivity contribution in [2.75, 3.05) is 0 Å². The monoisotopic (exact) mass is 448 g/mol. The molecule has 172 valence electrons. The van der Waals surface area contributed by atoms with Gasteiger partial charge in [-0.05, 0) is 78.2 Å². The molecule has 0 nitrogen and oxygen atoms in total. The van der Waals surface area contributed by atoms with E-state index < -0.39 is 0 Å². The van der Waals surface area contributed by atoms with Crippen molar-refractivity contribution >= 4 is 23.8 Å². The Balaban J connectivity index is 1.18. The predicted octanol–water partition coefficient (Wildman–Crippen LogP) is 10.2. The van der Waals surface area contributed by atoms with Crippen LogP contribution >= 0.6 is 11.6 Å². The molecule has 32 heavy (non-hydrogen) atoms. The van der Waals surface area contributed by atoms with E-state index >= 15 is 0 Å². The predicted molar refractivity (Wildman–Crippen MR) is 141 cm³/mol. The molecule has 2 aromatic carbocycles. The van der Waals surface area contributed by atoms with Gasteiger partial charge in [0, 0.05) is 5.02 Å². The highest BCUT2D eigenvalue weighted by Gasteiger charge is 2.25. The topological polar surface area (TPSA) is 0 Å². The quantitative estimate of drug-likeness (QED) is 0.352. The molecule has 0 aromatic heterocycles. The van der Waals surface area contributed by atoms with E-state index in [1.165, 1.54) is 88.2 Å². The maximum absolute atomic E-state index is 5.97. The third-order valence-electron chi connectivity index (χ3n) is 8.24. The smallest absolute Gasteiger partial charge is 0.0406 e. The summed E-state index contributed by atoms with van der Waals surface area (Å²) in [5.74, 6) is 3.84. The van der Waals surface area contributed by atoms with Gasteiger partial charge in [0.15, 0.2) is 0 Å². The molecule has 0 N–H and O–H groups in total. The Kier molecular flexibility index (Phi) is 8.92. The number of halogens is 1. The lowest BCUT2D eigenvalue weighted by Crippen LogP contribution is -2.17. The van der Waals surface area contributed by atoms with Gasteiger partial charge < -0.3 is 0 Å². The lowest BCUT2D eigenvalue weighted by atomic mass is 9.74. The first-order chi connectivity index (χ1) is 15.7. The molecule has 0 atom stereocenters. The molecule has 0 amide bonds. The Morgan fingerprint density at radius 3 is 1.56 bits per heavy atom. The Labute approximate surface area is 201 Å². The van der Waals surface area contributed by atoms with E-state index in [0.717, 1.165) is 28.7 Å². The van der Waals surface area contributed by atoms with Crippen LogP contribution in [0.1, 0.15) is 107 Å². The Bertz CT molecular complexity index is 816. The molecule has 0 unspecified atom stereocenters. The number of rotatable bonds is 8. The van der Waals surface area contributed by atoms with Crippen LogP contribution in [0.15, 0.2) is 48.5 Å². The van der Waals surface area contributed by atoms with Crippen molar-refractivity contribution in [3.8, 4) is 0 Å². The first-order valence-electron chi connectivity index (χ1n) is 13.2. The molecule has 0 aliphatic heterocycles. The fraction of sp³-hybridized carbons (Fsp3) is 0.548. The van der Waals surface area contributed by atoms with Crippen molar-refractivity contribution in [1.29, 1.82) is 0 Å². The molecule has 2 aliphatic rings. The van der Waals surface area contributed by atoms with Crippen molar-refractivity contribution < 1.29 is 0 Å². The van der Waals surface area contributed by atoms with E-state index in [0.29, 0.717) is 0 Å². The van der Waals surface area contributed by atoms with Crippen LogP contribution in [0.5, 0.6) is 0 Å². The highest BCUT2D eigenvalue weighted by molar-refractivity contribution is 6.30. The van der Waals surface area contributed by atoms with Crippen LogP contribution in [-0.4, -0.2) is 0 Å². The van der Waals surface area contributed by atoms with E-state index in [9.17, 15) is 0 Å². The van der Waals surface area contributed by atoms with Gasteiger partial charge in [0.05, 0.1) is 0 Å². The highest BCUT2D eigenvalue weighted by atomic mass is 35.5. The summed E-state index contributed by atoms with van der Waals surface area (Å²) in [4.78, 5) is 0. The minimum Gasteiger partial charge on any atom is -0.0843 e. The van der Waals surface area contributed by atoms with Crippen molar-refractivity contribution in [3.05, 3.63) is 70.2 Å². The molecule has 1 heteroatoms. The summed E-state index contributed by atoms with van der Waals surface area (Å²) in [5.41, 5.74) is 4.00. The zero-order valence-electron chi connectivity index (χ0n) is 19.9. The van der Waals surface area contributed by atoms with Gasteiger partial charge in [0.2, 0.25) is 0 Å². The minimum absolute atomic E-state index is 0.769. The summed E-state index contributed by atoms with van der Waals surface area (Å²) in [5, 5.41) is 0.788. The normalized spacial score (nSPS) is 26.4. The van der Waals surface area contributed by atoms with Crippen LogP contribution in [0.4, 0.5) is 0 Å². The van der Waals surface area contributed by atoms with Gasteiger partial charge in [-0.25, -0.2) is 0 Å². The standard InChI is InChI=1S/C31H41Cl/c1-2-3-24-4-6-25(7-5-24)8-9-26-12-18-29(19-13-26)30-20-14-27(15-21-30)10-11-28-16-22-31(32)23-17-28/h10-11,14-17,20-26,29H,2-9,12-13,18-19H2,1H3/t24-,25-,26-,29-. The van der Waals surface area contributed by atoms with Gasteiger partial charge in [-0.3, -0.25) is 0 Å². The van der Waals surface area contributed by atoms with Crippen LogP contribution in [0.3, 0.4) is 0 Å². The summed E-state index contributed by atoms with van der Waals surface area (Å²) < 4.78 is 0. The molecule has 0 spiro atoms. The molecule has 0 bridgehead atoms. The van der Waals surface area contributed by atoms with Gasteiger partial charge in [0.1, 0.15) is 0 Å². The third-order valence-corrected chi connectivity index (χ3v) is 8.49. The largest absolute Gasteiger partial charge is 0.0843 e. The van der Waals surface area contributed by atoms with E-state index in [1.807, 2.05) is 12.1 Å². The van der Waals surface area contributed by atoms with Crippen LogP contribution in [-0.2, 0) is 0 Å². The second kappa shape index (κ2) is 12.1. The average molecular weight is 449 g/mol. The molecule has 0 heterocycles. The molecular weight excluding hydrogens is 408 g/mol. The zero-order valence-corrected chi connectivity index (χ0v) is 20.7. The fourth-order valence-corrected chi connectivity index (χ4v) is 6.24. The summed E-state index contributed by atoms with van der Waals surface area (Å²) >= 11 is 5.97. The lowest BCUT2D eigenvalue weighted by Gasteiger charge is -2.32. The fourth-order valence-electron chi connectivity index (χ4n) is 6.12. The molecule has 2 saturated carbocycles. The van der Waals surface area contributed by atoms with E-state index in [2.05, 4.69) is 55.5 Å². The van der Waals surface area contributed by atoms with Crippen LogP contribution in [0, 0.1) is 17.8 Å². The van der Waals surface area contributed by atoms with Gasteiger partial charge in [0.25, 0.3) is 0 Å². The van der Waals surface area contributed by atoms with E-state index in [4.69, 9.17) is 11.6 Å². The van der Waals surface area contributed by atoms with Gasteiger partial charge >= 0.3 is 0 Å². The first kappa shape index (κ1) is 23.6. The molecule has 2 aliphatic carbocycles. The van der Waals surface area contributed by atoms with Crippen LogP contribution in [0.25, 0.3) is 12.2 Å². The van der Waals surface area contributed by atoms with Gasteiger partial charge in [-0.2, -0.15) is 0 Å². The Hall–Kier alpha value is -1.53. The van der Waals surface area contributed by atoms with Crippen molar-refractivity contribution in [1.82, 2.24) is 0 Å². The first-order valence-corrected chi connectivity index (χ1v) is 13.6. The Morgan fingerprint density at radius 2 is 1.06 bits per heavy atom. The van der Waals surface area contributed by atoms with E-state index in [-0.39, 0.29) is 0 Å². The van der Waals surface area contributed by atoms with Gasteiger partial charge in [-0.1, -0.05) is 118 Å².